The van der Waals surface area contributed by atoms with Gasteiger partial charge in [0.05, 0.1) is 0 Å². The van der Waals surface area contributed by atoms with Crippen molar-refractivity contribution in [3.8, 4) is 5.75 Å². The Bertz CT molecular complexity index is 836. The molecule has 9 heteroatoms. The summed E-state index contributed by atoms with van der Waals surface area (Å²) in [7, 11) is 5.79. The van der Waals surface area contributed by atoms with Crippen molar-refractivity contribution < 1.29 is 13.5 Å². The van der Waals surface area contributed by atoms with E-state index in [-0.39, 0.29) is 5.75 Å². The first kappa shape index (κ1) is 22.7. The van der Waals surface area contributed by atoms with E-state index in [1.165, 1.54) is 0 Å². The van der Waals surface area contributed by atoms with Crippen LogP contribution in [0.5, 0.6) is 5.75 Å². The maximum absolute atomic E-state index is 12.3. The van der Waals surface area contributed by atoms with Crippen molar-refractivity contribution in [1.29, 1.82) is 0 Å². The zero-order chi connectivity index (χ0) is 22.2. The van der Waals surface area contributed by atoms with Crippen LogP contribution in [0.15, 0.2) is 47.6 Å². The minimum atomic E-state index is -2.82. The molecule has 0 unspecified atom stereocenters. The molecular weight excluding hydrogens is 402 g/mol. The Morgan fingerprint density at radius 3 is 2.39 bits per heavy atom. The van der Waals surface area contributed by atoms with E-state index in [9.17, 15) is 8.78 Å². The molecule has 2 aromatic rings. The van der Waals surface area contributed by atoms with Crippen molar-refractivity contribution in [2.75, 3.05) is 52.2 Å². The molecular formula is C22H30F2N6O. The van der Waals surface area contributed by atoms with E-state index < -0.39 is 6.61 Å². The molecule has 0 radical (unpaired) electrons. The van der Waals surface area contributed by atoms with Gasteiger partial charge in [0.25, 0.3) is 0 Å². The Morgan fingerprint density at radius 2 is 1.81 bits per heavy atom. The minimum absolute atomic E-state index is 0.149. The van der Waals surface area contributed by atoms with Crippen LogP contribution in [0, 0.1) is 0 Å². The molecule has 1 aromatic carbocycles. The fourth-order valence-electron chi connectivity index (χ4n) is 3.43. The Morgan fingerprint density at radius 1 is 1.13 bits per heavy atom. The number of anilines is 1. The molecule has 1 aliphatic rings. The highest BCUT2D eigenvalue weighted by molar-refractivity contribution is 5.79. The summed E-state index contributed by atoms with van der Waals surface area (Å²) in [5.41, 5.74) is 2.03. The van der Waals surface area contributed by atoms with Gasteiger partial charge >= 0.3 is 6.61 Å². The van der Waals surface area contributed by atoms with Gasteiger partial charge in [-0.3, -0.25) is 4.99 Å². The van der Waals surface area contributed by atoms with Crippen LogP contribution < -0.4 is 15.0 Å². The number of halogens is 2. The third-order valence-corrected chi connectivity index (χ3v) is 5.23. The largest absolute Gasteiger partial charge is 0.435 e. The number of aliphatic imine (C=N–C) groups is 1. The van der Waals surface area contributed by atoms with E-state index >= 15 is 0 Å². The number of hydrogen-bond acceptors (Lipinski definition) is 5. The molecule has 3 rings (SSSR count). The van der Waals surface area contributed by atoms with Gasteiger partial charge in [0.1, 0.15) is 11.6 Å². The molecule has 0 spiro atoms. The van der Waals surface area contributed by atoms with Crippen LogP contribution in [0.4, 0.5) is 14.6 Å². The number of hydrogen-bond donors (Lipinski definition) is 1. The van der Waals surface area contributed by atoms with Crippen molar-refractivity contribution in [2.45, 2.75) is 19.7 Å². The van der Waals surface area contributed by atoms with Gasteiger partial charge in [0.15, 0.2) is 5.96 Å². The quantitative estimate of drug-likeness (QED) is 0.536. The van der Waals surface area contributed by atoms with E-state index in [2.05, 4.69) is 49.0 Å². The average Bonchev–Trinajstić information content (AvgIpc) is 2.76. The summed E-state index contributed by atoms with van der Waals surface area (Å²) in [6.07, 6.45) is 1.90. The van der Waals surface area contributed by atoms with Gasteiger partial charge in [-0.25, -0.2) is 4.98 Å². The zero-order valence-corrected chi connectivity index (χ0v) is 18.3. The number of nitrogens with zero attached hydrogens (tertiary/aromatic N) is 5. The van der Waals surface area contributed by atoms with Crippen molar-refractivity contribution in [3.63, 3.8) is 0 Å². The first-order valence-corrected chi connectivity index (χ1v) is 10.3. The molecule has 31 heavy (non-hydrogen) atoms. The molecule has 7 nitrogen and oxygen atoms in total. The Kier molecular flexibility index (Phi) is 8.00. The lowest BCUT2D eigenvalue weighted by atomic mass is 10.2. The number of piperazine rings is 1. The van der Waals surface area contributed by atoms with Gasteiger partial charge in [0.2, 0.25) is 0 Å². The number of guanidine groups is 1. The first-order chi connectivity index (χ1) is 14.9. The van der Waals surface area contributed by atoms with E-state index in [4.69, 9.17) is 0 Å². The monoisotopic (exact) mass is 432 g/mol. The smallest absolute Gasteiger partial charge is 0.387 e. The number of pyridine rings is 1. The Balaban J connectivity index is 1.50. The lowest BCUT2D eigenvalue weighted by Crippen LogP contribution is -2.44. The number of likely N-dealkylation sites (N-methyl/N-ethyl adjacent to an activating group) is 1. The van der Waals surface area contributed by atoms with Crippen LogP contribution >= 0.6 is 0 Å². The number of nitrogens with one attached hydrogen (secondary N) is 1. The number of ether oxygens (including phenoxy) is 1. The second-order valence-corrected chi connectivity index (χ2v) is 7.59. The summed E-state index contributed by atoms with van der Waals surface area (Å²) < 4.78 is 28.9. The van der Waals surface area contributed by atoms with Crippen molar-refractivity contribution in [3.05, 3.63) is 53.7 Å². The number of benzene rings is 1. The van der Waals surface area contributed by atoms with Crippen LogP contribution in [-0.4, -0.2) is 74.7 Å². The van der Waals surface area contributed by atoms with Gasteiger partial charge in [-0.1, -0.05) is 18.2 Å². The van der Waals surface area contributed by atoms with Crippen LogP contribution in [0.3, 0.4) is 0 Å². The fourth-order valence-corrected chi connectivity index (χ4v) is 3.43. The van der Waals surface area contributed by atoms with Crippen LogP contribution in [-0.2, 0) is 13.1 Å². The number of alkyl halides is 2. The normalized spacial score (nSPS) is 15.3. The molecule has 0 saturated carbocycles. The lowest BCUT2D eigenvalue weighted by Gasteiger charge is -2.33. The summed E-state index contributed by atoms with van der Waals surface area (Å²) in [4.78, 5) is 15.5. The van der Waals surface area contributed by atoms with Crippen LogP contribution in [0.1, 0.15) is 11.1 Å². The topological polar surface area (TPSA) is 56.2 Å². The molecule has 168 valence electrons. The van der Waals surface area contributed by atoms with Crippen molar-refractivity contribution in [2.24, 2.45) is 4.99 Å². The third kappa shape index (κ3) is 6.78. The maximum Gasteiger partial charge on any atom is 0.387 e. The van der Waals surface area contributed by atoms with Gasteiger partial charge in [-0.2, -0.15) is 8.78 Å². The molecule has 1 saturated heterocycles. The molecule has 0 bridgehead atoms. The SMILES string of the molecule is CN=C(NCc1ccc(N2CCN(C)CC2)nc1)N(C)Cc1ccc(OC(F)F)cc1. The molecule has 0 amide bonds. The number of rotatable bonds is 7. The van der Waals surface area contributed by atoms with Gasteiger partial charge in [-0.15, -0.1) is 0 Å². The fraction of sp³-hybridized carbons (Fsp3) is 0.455. The highest BCUT2D eigenvalue weighted by Crippen LogP contribution is 2.16. The Hall–Kier alpha value is -2.94. The second kappa shape index (κ2) is 10.9. The third-order valence-electron chi connectivity index (χ3n) is 5.23. The van der Waals surface area contributed by atoms with Gasteiger partial charge < -0.3 is 24.8 Å². The predicted octanol–water partition coefficient (Wildman–Crippen LogP) is 2.64. The molecule has 2 heterocycles. The lowest BCUT2D eigenvalue weighted by molar-refractivity contribution is -0.0498. The average molecular weight is 433 g/mol. The van der Waals surface area contributed by atoms with Crippen molar-refractivity contribution >= 4 is 11.8 Å². The highest BCUT2D eigenvalue weighted by Gasteiger charge is 2.15. The maximum atomic E-state index is 12.3. The van der Waals surface area contributed by atoms with Crippen LogP contribution in [0.2, 0.25) is 0 Å². The minimum Gasteiger partial charge on any atom is -0.435 e. The van der Waals surface area contributed by atoms with E-state index in [1.807, 2.05) is 18.1 Å². The second-order valence-electron chi connectivity index (χ2n) is 7.59. The molecule has 0 aliphatic carbocycles. The van der Waals surface area contributed by atoms with E-state index in [0.717, 1.165) is 49.1 Å². The summed E-state index contributed by atoms with van der Waals surface area (Å²) in [5.74, 6) is 1.89. The summed E-state index contributed by atoms with van der Waals surface area (Å²) in [5, 5.41) is 3.34. The van der Waals surface area contributed by atoms with Gasteiger partial charge in [0, 0.05) is 59.6 Å². The first-order valence-electron chi connectivity index (χ1n) is 10.3. The molecule has 1 aromatic heterocycles. The molecule has 1 aliphatic heterocycles. The highest BCUT2D eigenvalue weighted by atomic mass is 19.3. The molecule has 1 N–H and O–H groups in total. The number of aromatic nitrogens is 1. The van der Waals surface area contributed by atoms with Gasteiger partial charge in [-0.05, 0) is 36.4 Å². The van der Waals surface area contributed by atoms with E-state index in [0.29, 0.717) is 13.1 Å². The van der Waals surface area contributed by atoms with Crippen molar-refractivity contribution in [1.82, 2.24) is 20.1 Å². The Labute approximate surface area is 182 Å². The van der Waals surface area contributed by atoms with Crippen LogP contribution in [0.25, 0.3) is 0 Å². The molecule has 1 fully saturated rings. The zero-order valence-electron chi connectivity index (χ0n) is 18.3. The predicted molar refractivity (Wildman–Crippen MR) is 119 cm³/mol. The van der Waals surface area contributed by atoms with E-state index in [1.54, 1.807) is 31.3 Å². The summed E-state index contributed by atoms with van der Waals surface area (Å²) in [6, 6.07) is 10.8. The standard InChI is InChI=1S/C22H30F2N6O/c1-25-22(29(3)16-17-4-7-19(8-5-17)31-21(23)24)27-15-18-6-9-20(26-14-18)30-12-10-28(2)11-13-30/h4-9,14,21H,10-13,15-16H2,1-3H3,(H,25,27). The molecule has 0 atom stereocenters. The summed E-state index contributed by atoms with van der Waals surface area (Å²) >= 11 is 0. The summed E-state index contributed by atoms with van der Waals surface area (Å²) in [6.45, 7) is 2.46.